The highest BCUT2D eigenvalue weighted by molar-refractivity contribution is 5.34. The zero-order valence-corrected chi connectivity index (χ0v) is 10.5. The molecule has 0 fully saturated rings. The zero-order chi connectivity index (χ0) is 11.9. The van der Waals surface area contributed by atoms with Crippen LogP contribution in [0.1, 0.15) is 30.7 Å². The molecule has 16 heavy (non-hydrogen) atoms. The lowest BCUT2D eigenvalue weighted by molar-refractivity contribution is 0.248. The van der Waals surface area contributed by atoms with Crippen LogP contribution < -0.4 is 0 Å². The molecule has 0 saturated carbocycles. The van der Waals surface area contributed by atoms with Crippen LogP contribution in [0.15, 0.2) is 35.5 Å². The third kappa shape index (κ3) is 1.55. The Bertz CT molecular complexity index is 438. The minimum absolute atomic E-state index is 0.0864. The molecule has 2 rings (SSSR count). The molecule has 0 spiro atoms. The van der Waals surface area contributed by atoms with E-state index in [1.165, 1.54) is 16.7 Å². The second-order valence-electron chi connectivity index (χ2n) is 5.31. The molecule has 1 aromatic heterocycles. The lowest BCUT2D eigenvalue weighted by Gasteiger charge is -2.39. The Balaban J connectivity index is 2.46. The van der Waals surface area contributed by atoms with Crippen molar-refractivity contribution in [3.63, 3.8) is 0 Å². The summed E-state index contributed by atoms with van der Waals surface area (Å²) in [6.45, 7) is 14.6. The van der Waals surface area contributed by atoms with E-state index < -0.39 is 0 Å². The predicted octanol–water partition coefficient (Wildman–Crippen LogP) is 4.07. The van der Waals surface area contributed by atoms with E-state index in [1.807, 2.05) is 6.26 Å². The Labute approximate surface area is 97.9 Å². The molecule has 0 saturated heterocycles. The van der Waals surface area contributed by atoms with Crippen molar-refractivity contribution in [1.82, 2.24) is 0 Å². The molecule has 1 aliphatic rings. The number of hydrogen-bond acceptors (Lipinski definition) is 1. The van der Waals surface area contributed by atoms with E-state index in [-0.39, 0.29) is 5.41 Å². The molecule has 1 heteroatoms. The van der Waals surface area contributed by atoms with Gasteiger partial charge in [0.05, 0.1) is 6.26 Å². The Morgan fingerprint density at radius 3 is 2.88 bits per heavy atom. The van der Waals surface area contributed by atoms with Crippen LogP contribution in [-0.2, 0) is 12.8 Å². The zero-order valence-electron chi connectivity index (χ0n) is 10.5. The van der Waals surface area contributed by atoms with Crippen LogP contribution >= 0.6 is 0 Å². The highest BCUT2D eigenvalue weighted by Crippen LogP contribution is 2.45. The Kier molecular flexibility index (Phi) is 2.57. The van der Waals surface area contributed by atoms with E-state index in [1.54, 1.807) is 0 Å². The normalized spacial score (nSPS) is 28.6. The molecule has 0 aromatic carbocycles. The fraction of sp³-hybridized carbons (Fsp3) is 0.467. The van der Waals surface area contributed by atoms with Gasteiger partial charge in [-0.3, -0.25) is 0 Å². The van der Waals surface area contributed by atoms with Crippen molar-refractivity contribution in [3.05, 3.63) is 48.0 Å². The lowest BCUT2D eigenvalue weighted by Crippen LogP contribution is -2.34. The van der Waals surface area contributed by atoms with Gasteiger partial charge in [0.15, 0.2) is 0 Å². The molecule has 0 N–H and O–H groups in total. The monoisotopic (exact) mass is 216 g/mol. The van der Waals surface area contributed by atoms with Crippen molar-refractivity contribution in [2.24, 2.45) is 11.3 Å². The molecule has 0 bridgehead atoms. The summed E-state index contributed by atoms with van der Waals surface area (Å²) in [5, 5.41) is 0. The van der Waals surface area contributed by atoms with Crippen molar-refractivity contribution in [3.8, 4) is 0 Å². The van der Waals surface area contributed by atoms with E-state index in [4.69, 9.17) is 4.42 Å². The van der Waals surface area contributed by atoms with E-state index >= 15 is 0 Å². The van der Waals surface area contributed by atoms with Gasteiger partial charge in [0.1, 0.15) is 5.76 Å². The Morgan fingerprint density at radius 2 is 2.31 bits per heavy atom. The number of furan rings is 1. The van der Waals surface area contributed by atoms with Crippen LogP contribution in [0.5, 0.6) is 0 Å². The maximum atomic E-state index is 5.63. The quantitative estimate of drug-likeness (QED) is 0.679. The van der Waals surface area contributed by atoms with Crippen molar-refractivity contribution >= 4 is 0 Å². The van der Waals surface area contributed by atoms with Gasteiger partial charge in [0.25, 0.3) is 0 Å². The van der Waals surface area contributed by atoms with E-state index in [0.29, 0.717) is 5.92 Å². The first kappa shape index (κ1) is 11.3. The van der Waals surface area contributed by atoms with Gasteiger partial charge in [0.2, 0.25) is 0 Å². The summed E-state index contributed by atoms with van der Waals surface area (Å²) in [7, 11) is 0. The van der Waals surface area contributed by atoms with E-state index in [0.717, 1.165) is 18.6 Å². The first-order chi connectivity index (χ1) is 7.48. The van der Waals surface area contributed by atoms with Gasteiger partial charge in [-0.05, 0) is 42.7 Å². The number of hydrogen-bond donors (Lipinski definition) is 0. The highest BCUT2D eigenvalue weighted by Gasteiger charge is 2.39. The van der Waals surface area contributed by atoms with Crippen LogP contribution in [0.3, 0.4) is 0 Å². The summed E-state index contributed by atoms with van der Waals surface area (Å²) >= 11 is 0. The highest BCUT2D eigenvalue weighted by atomic mass is 16.3. The predicted molar refractivity (Wildman–Crippen MR) is 67.5 cm³/mol. The largest absolute Gasteiger partial charge is 0.469 e. The molecular formula is C15H20O. The molecule has 0 aliphatic heterocycles. The third-order valence-electron chi connectivity index (χ3n) is 4.00. The Morgan fingerprint density at radius 1 is 1.62 bits per heavy atom. The molecule has 0 radical (unpaired) electrons. The maximum absolute atomic E-state index is 5.63. The molecule has 2 atom stereocenters. The fourth-order valence-corrected chi connectivity index (χ4v) is 2.80. The van der Waals surface area contributed by atoms with Gasteiger partial charge in [0, 0.05) is 6.42 Å². The lowest BCUT2D eigenvalue weighted by atomic mass is 9.65. The topological polar surface area (TPSA) is 13.1 Å². The molecule has 1 unspecified atom stereocenters. The number of fused-ring (bicyclic) bond motifs is 1. The van der Waals surface area contributed by atoms with Crippen molar-refractivity contribution in [1.29, 1.82) is 0 Å². The van der Waals surface area contributed by atoms with Crippen LogP contribution in [0.2, 0.25) is 0 Å². The second-order valence-corrected chi connectivity index (χ2v) is 5.31. The molecule has 0 amide bonds. The van der Waals surface area contributed by atoms with E-state index in [2.05, 4.69) is 40.0 Å². The minimum atomic E-state index is 0.0864. The van der Waals surface area contributed by atoms with Gasteiger partial charge < -0.3 is 4.42 Å². The smallest absolute Gasteiger partial charge is 0.108 e. The third-order valence-corrected chi connectivity index (χ3v) is 4.00. The van der Waals surface area contributed by atoms with Crippen molar-refractivity contribution in [2.45, 2.75) is 33.6 Å². The van der Waals surface area contributed by atoms with E-state index in [9.17, 15) is 0 Å². The second kappa shape index (κ2) is 3.65. The average Bonchev–Trinajstić information content (AvgIpc) is 2.58. The van der Waals surface area contributed by atoms with Crippen molar-refractivity contribution in [2.75, 3.05) is 0 Å². The fourth-order valence-electron chi connectivity index (χ4n) is 2.80. The van der Waals surface area contributed by atoms with Crippen LogP contribution in [-0.4, -0.2) is 0 Å². The minimum Gasteiger partial charge on any atom is -0.469 e. The van der Waals surface area contributed by atoms with Crippen LogP contribution in [0.25, 0.3) is 0 Å². The first-order valence-electron chi connectivity index (χ1n) is 5.83. The van der Waals surface area contributed by atoms with Crippen LogP contribution in [0.4, 0.5) is 0 Å². The molecule has 1 heterocycles. The van der Waals surface area contributed by atoms with Gasteiger partial charge >= 0.3 is 0 Å². The average molecular weight is 216 g/mol. The molecular weight excluding hydrogens is 196 g/mol. The number of allylic oxidation sites excluding steroid dienone is 2. The summed E-state index contributed by atoms with van der Waals surface area (Å²) in [6, 6.07) is 0. The number of rotatable bonds is 2. The van der Waals surface area contributed by atoms with Gasteiger partial charge in [-0.2, -0.15) is 0 Å². The van der Waals surface area contributed by atoms with Gasteiger partial charge in [-0.15, -0.1) is 6.58 Å². The summed E-state index contributed by atoms with van der Waals surface area (Å²) < 4.78 is 5.63. The Hall–Kier alpha value is -1.24. The summed E-state index contributed by atoms with van der Waals surface area (Å²) in [5.74, 6) is 1.62. The van der Waals surface area contributed by atoms with Gasteiger partial charge in [-0.1, -0.05) is 25.2 Å². The molecule has 1 aromatic rings. The summed E-state index contributed by atoms with van der Waals surface area (Å²) in [5.41, 5.74) is 3.98. The molecule has 86 valence electrons. The molecule has 1 aliphatic carbocycles. The number of aryl methyl sites for hydroxylation is 1. The standard InChI is InChI=1S/C15H20O/c1-6-15(5)8-14-12(11(4)9-16-14)7-13(15)10(2)3/h6,9,13H,1-2,7-8H2,3-5H3/t13?,15-/m0/s1. The SMILES string of the molecule is C=C[C@@]1(C)Cc2occ(C)c2CC1C(=C)C. The summed E-state index contributed by atoms with van der Waals surface area (Å²) in [4.78, 5) is 0. The molecule has 1 nitrogen and oxygen atoms in total. The first-order valence-corrected chi connectivity index (χ1v) is 5.83. The maximum Gasteiger partial charge on any atom is 0.108 e. The van der Waals surface area contributed by atoms with Crippen LogP contribution in [0, 0.1) is 18.3 Å². The van der Waals surface area contributed by atoms with Crippen molar-refractivity contribution < 1.29 is 4.42 Å². The van der Waals surface area contributed by atoms with Gasteiger partial charge in [-0.25, -0.2) is 0 Å². The summed E-state index contributed by atoms with van der Waals surface area (Å²) in [6.07, 6.45) is 5.91.